The van der Waals surface area contributed by atoms with Crippen LogP contribution in [0.4, 0.5) is 13.2 Å². The molecule has 0 aliphatic rings. The van der Waals surface area contributed by atoms with E-state index in [0.717, 1.165) is 17.7 Å². The number of methoxy groups -OCH3 is 1. The lowest BCUT2D eigenvalue weighted by molar-refractivity contribution is -0.152. The molecule has 5 rings (SSSR count). The van der Waals surface area contributed by atoms with Crippen molar-refractivity contribution >= 4 is 18.0 Å². The van der Waals surface area contributed by atoms with E-state index in [1.54, 1.807) is 45.9 Å². The van der Waals surface area contributed by atoms with Gasteiger partial charge in [0.1, 0.15) is 31.3 Å². The van der Waals surface area contributed by atoms with E-state index in [2.05, 4.69) is 10.1 Å². The van der Waals surface area contributed by atoms with Crippen LogP contribution in [-0.4, -0.2) is 45.5 Å². The van der Waals surface area contributed by atoms with Crippen LogP contribution < -0.4 is 14.2 Å². The molecule has 0 unspecified atom stereocenters. The second-order valence-corrected chi connectivity index (χ2v) is 12.6. The Morgan fingerprint density at radius 3 is 2.29 bits per heavy atom. The standard InChI is InChI=1S/C38H36F3N3O8/c1-23-30(42-33(52-23)25-9-7-6-8-10-25)22-49-31-16-11-24(17-32(31)48-5)20-50-34-26(18-27(35(45)46)21-51-36(47)37(2,3)4)19-44(43-34)29-14-12-28(13-15-29)38(39,40)41/h6-19H,20-22H2,1-5H3,(H,45,46). The number of carbonyl (C=O) groups excluding carboxylic acids is 1. The van der Waals surface area contributed by atoms with Crippen molar-refractivity contribution in [1.29, 1.82) is 0 Å². The van der Waals surface area contributed by atoms with Crippen LogP contribution in [-0.2, 0) is 33.7 Å². The minimum Gasteiger partial charge on any atom is -0.493 e. The summed E-state index contributed by atoms with van der Waals surface area (Å²) in [7, 11) is 1.48. The van der Waals surface area contributed by atoms with E-state index in [1.807, 2.05) is 30.3 Å². The SMILES string of the molecule is COc1cc(COc2nn(-c3ccc(C(F)(F)F)cc3)cc2C=C(COC(=O)C(C)(C)C)C(=O)O)ccc1OCc1nc(-c2ccccc2)oc1C. The average Bonchev–Trinajstić information content (AvgIpc) is 3.70. The molecule has 0 saturated heterocycles. The van der Waals surface area contributed by atoms with E-state index < -0.39 is 35.7 Å². The van der Waals surface area contributed by atoms with Crippen molar-refractivity contribution < 1.29 is 51.2 Å². The van der Waals surface area contributed by atoms with Gasteiger partial charge in [-0.05, 0) is 87.9 Å². The predicted octanol–water partition coefficient (Wildman–Crippen LogP) is 8.08. The molecule has 5 aromatic rings. The Labute approximate surface area is 297 Å². The van der Waals surface area contributed by atoms with Crippen LogP contribution in [0.2, 0.25) is 0 Å². The topological polar surface area (TPSA) is 135 Å². The van der Waals surface area contributed by atoms with Gasteiger partial charge in [0.25, 0.3) is 0 Å². The number of carboxylic acids is 1. The number of carboxylic acid groups (broad SMARTS) is 1. The largest absolute Gasteiger partial charge is 0.493 e. The number of hydrogen-bond donors (Lipinski definition) is 1. The summed E-state index contributed by atoms with van der Waals surface area (Å²) in [6, 6.07) is 18.9. The predicted molar refractivity (Wildman–Crippen MR) is 183 cm³/mol. The molecular weight excluding hydrogens is 683 g/mol. The monoisotopic (exact) mass is 719 g/mol. The number of benzene rings is 3. The average molecular weight is 720 g/mol. The summed E-state index contributed by atoms with van der Waals surface area (Å²) in [4.78, 5) is 29.0. The van der Waals surface area contributed by atoms with Gasteiger partial charge in [0, 0.05) is 11.8 Å². The van der Waals surface area contributed by atoms with Crippen molar-refractivity contribution in [2.24, 2.45) is 5.41 Å². The number of hydrogen-bond acceptors (Lipinski definition) is 9. The summed E-state index contributed by atoms with van der Waals surface area (Å²) in [5.41, 5.74) is 0.525. The first kappa shape index (κ1) is 37.2. The fourth-order valence-electron chi connectivity index (χ4n) is 4.72. The lowest BCUT2D eigenvalue weighted by atomic mass is 9.97. The third kappa shape index (κ3) is 9.19. The molecule has 0 aliphatic heterocycles. The molecule has 2 aromatic heterocycles. The first-order valence-electron chi connectivity index (χ1n) is 15.9. The minimum absolute atomic E-state index is 0.0317. The third-order valence-electron chi connectivity index (χ3n) is 7.62. The summed E-state index contributed by atoms with van der Waals surface area (Å²) in [6.45, 7) is 6.20. The van der Waals surface area contributed by atoms with Gasteiger partial charge in [-0.1, -0.05) is 24.3 Å². The highest BCUT2D eigenvalue weighted by Gasteiger charge is 2.30. The van der Waals surface area contributed by atoms with E-state index in [0.29, 0.717) is 34.4 Å². The molecule has 0 amide bonds. The number of aliphatic carboxylic acids is 1. The Morgan fingerprint density at radius 1 is 0.942 bits per heavy atom. The maximum Gasteiger partial charge on any atom is 0.416 e. The lowest BCUT2D eigenvalue weighted by Crippen LogP contribution is -2.24. The molecule has 1 N–H and O–H groups in total. The number of nitrogens with zero attached hydrogens (tertiary/aromatic N) is 3. The van der Waals surface area contributed by atoms with E-state index in [4.69, 9.17) is 23.4 Å². The zero-order valence-corrected chi connectivity index (χ0v) is 29.0. The fraction of sp³-hybridized carbons (Fsp3) is 0.263. The van der Waals surface area contributed by atoms with Crippen LogP contribution in [0.15, 0.2) is 89.0 Å². The third-order valence-corrected chi connectivity index (χ3v) is 7.62. The second kappa shape index (κ2) is 15.5. The number of ether oxygens (including phenoxy) is 4. The van der Waals surface area contributed by atoms with Crippen LogP contribution in [0.25, 0.3) is 23.2 Å². The molecule has 0 atom stereocenters. The minimum atomic E-state index is -4.53. The van der Waals surface area contributed by atoms with Crippen LogP contribution >= 0.6 is 0 Å². The Bertz CT molecular complexity index is 2060. The molecule has 2 heterocycles. The Morgan fingerprint density at radius 2 is 1.65 bits per heavy atom. The van der Waals surface area contributed by atoms with Gasteiger partial charge < -0.3 is 28.5 Å². The van der Waals surface area contributed by atoms with Crippen LogP contribution in [0.1, 0.15) is 48.9 Å². The smallest absolute Gasteiger partial charge is 0.416 e. The van der Waals surface area contributed by atoms with Crippen molar-refractivity contribution in [2.45, 2.75) is 47.1 Å². The highest BCUT2D eigenvalue weighted by atomic mass is 19.4. The van der Waals surface area contributed by atoms with Crippen molar-refractivity contribution in [3.63, 3.8) is 0 Å². The maximum absolute atomic E-state index is 13.2. The van der Waals surface area contributed by atoms with Crippen molar-refractivity contribution in [3.8, 4) is 34.5 Å². The van der Waals surface area contributed by atoms with Crippen molar-refractivity contribution in [2.75, 3.05) is 13.7 Å². The molecule has 3 aromatic carbocycles. The summed E-state index contributed by atoms with van der Waals surface area (Å²) < 4.78 is 69.4. The van der Waals surface area contributed by atoms with E-state index >= 15 is 0 Å². The highest BCUT2D eigenvalue weighted by Crippen LogP contribution is 2.32. The molecule has 0 spiro atoms. The zero-order chi connectivity index (χ0) is 37.6. The Balaban J connectivity index is 1.37. The molecule has 52 heavy (non-hydrogen) atoms. The number of carbonyl (C=O) groups is 2. The van der Waals surface area contributed by atoms with Gasteiger partial charge in [0.15, 0.2) is 11.5 Å². The number of alkyl halides is 3. The van der Waals surface area contributed by atoms with Crippen LogP contribution in [0, 0.1) is 12.3 Å². The van der Waals surface area contributed by atoms with E-state index in [1.165, 1.54) is 36.2 Å². The summed E-state index contributed by atoms with van der Waals surface area (Å²) in [6.07, 6.45) is -1.90. The molecule has 272 valence electrons. The zero-order valence-electron chi connectivity index (χ0n) is 29.0. The van der Waals surface area contributed by atoms with Crippen LogP contribution in [0.3, 0.4) is 0 Å². The Kier molecular flexibility index (Phi) is 11.1. The van der Waals surface area contributed by atoms with Crippen molar-refractivity contribution in [3.05, 3.63) is 113 Å². The molecule has 14 heteroatoms. The lowest BCUT2D eigenvalue weighted by Gasteiger charge is -2.16. The van der Waals surface area contributed by atoms with Gasteiger partial charge in [-0.25, -0.2) is 14.5 Å². The first-order valence-corrected chi connectivity index (χ1v) is 15.9. The Hall–Kier alpha value is -6.05. The summed E-state index contributed by atoms with van der Waals surface area (Å²) >= 11 is 0. The second-order valence-electron chi connectivity index (χ2n) is 12.6. The first-order chi connectivity index (χ1) is 24.6. The van der Waals surface area contributed by atoms with E-state index in [9.17, 15) is 27.9 Å². The quantitative estimate of drug-likeness (QED) is 0.0940. The van der Waals surface area contributed by atoms with Gasteiger partial charge in [-0.3, -0.25) is 4.79 Å². The molecule has 0 bridgehead atoms. The number of halogens is 3. The van der Waals surface area contributed by atoms with Crippen molar-refractivity contribution in [1.82, 2.24) is 14.8 Å². The maximum atomic E-state index is 13.2. The summed E-state index contributed by atoms with van der Waals surface area (Å²) in [5, 5.41) is 14.3. The van der Waals surface area contributed by atoms with Gasteiger partial charge in [-0.2, -0.15) is 13.2 Å². The van der Waals surface area contributed by atoms with Gasteiger partial charge in [0.2, 0.25) is 11.8 Å². The van der Waals surface area contributed by atoms with E-state index in [-0.39, 0.29) is 35.9 Å². The number of esters is 1. The molecule has 0 radical (unpaired) electrons. The highest BCUT2D eigenvalue weighted by molar-refractivity contribution is 5.93. The number of aromatic nitrogens is 3. The molecule has 0 aliphatic carbocycles. The van der Waals surface area contributed by atoms with Crippen LogP contribution in [0.5, 0.6) is 17.4 Å². The molecule has 11 nitrogen and oxygen atoms in total. The number of oxazole rings is 1. The van der Waals surface area contributed by atoms with Gasteiger partial charge >= 0.3 is 18.1 Å². The normalized spacial score (nSPS) is 12.0. The van der Waals surface area contributed by atoms with Gasteiger partial charge in [-0.15, -0.1) is 5.10 Å². The fourth-order valence-corrected chi connectivity index (χ4v) is 4.72. The molecular formula is C38H36F3N3O8. The number of aryl methyl sites for hydroxylation is 1. The molecule has 0 saturated carbocycles. The van der Waals surface area contributed by atoms with Gasteiger partial charge in [0.05, 0.1) is 34.9 Å². The summed E-state index contributed by atoms with van der Waals surface area (Å²) in [5.74, 6) is -0.0700. The number of rotatable bonds is 13. The molecule has 0 fully saturated rings.